The Kier molecular flexibility index (Phi) is 14.1. The van der Waals surface area contributed by atoms with E-state index in [0.717, 1.165) is 44.9 Å². The maximum Gasteiger partial charge on any atom is 0.315 e. The van der Waals surface area contributed by atoms with E-state index < -0.39 is 52.5 Å². The lowest BCUT2D eigenvalue weighted by Gasteiger charge is -2.40. The van der Waals surface area contributed by atoms with Gasteiger partial charge in [-0.15, -0.1) is 6.58 Å². The fourth-order valence-corrected chi connectivity index (χ4v) is 9.59. The number of piperidine rings is 1. The molecular weight excluding hydrogens is 684 g/mol. The van der Waals surface area contributed by atoms with Crippen molar-refractivity contribution in [2.75, 3.05) is 13.1 Å². The Labute approximate surface area is 323 Å². The number of carbonyl (C=O) groups is 7. The molecule has 2 heterocycles. The highest BCUT2D eigenvalue weighted by Gasteiger charge is 2.57. The smallest absolute Gasteiger partial charge is 0.315 e. The number of ketones is 3. The number of nitrogens with one attached hydrogen (secondary N) is 2. The van der Waals surface area contributed by atoms with E-state index in [0.29, 0.717) is 25.8 Å². The zero-order chi connectivity index (χ0) is 40.2. The zero-order valence-electron chi connectivity index (χ0n) is 34.4. The van der Waals surface area contributed by atoms with Crippen LogP contribution in [0.4, 0.5) is 4.79 Å². The van der Waals surface area contributed by atoms with Crippen LogP contribution < -0.4 is 10.6 Å². The minimum absolute atomic E-state index is 0.0294. The van der Waals surface area contributed by atoms with Gasteiger partial charge in [0.15, 0.2) is 11.6 Å². The van der Waals surface area contributed by atoms with Crippen LogP contribution in [0.25, 0.3) is 0 Å². The third-order valence-electron chi connectivity index (χ3n) is 12.9. The monoisotopic (exact) mass is 753 g/mol. The Morgan fingerprint density at radius 1 is 0.944 bits per heavy atom. The first-order valence-electron chi connectivity index (χ1n) is 20.6. The molecule has 302 valence electrons. The average molecular weight is 753 g/mol. The molecule has 2 N–H and O–H groups in total. The summed E-state index contributed by atoms with van der Waals surface area (Å²) in [4.78, 5) is 98.6. The minimum atomic E-state index is -0.879. The second kappa shape index (κ2) is 17.6. The third kappa shape index (κ3) is 10.3. The van der Waals surface area contributed by atoms with Gasteiger partial charge in [0.05, 0.1) is 12.1 Å². The van der Waals surface area contributed by atoms with Crippen LogP contribution in [0.1, 0.15) is 145 Å². The van der Waals surface area contributed by atoms with Gasteiger partial charge in [-0.1, -0.05) is 87.1 Å². The predicted molar refractivity (Wildman–Crippen MR) is 208 cm³/mol. The number of hydrogen-bond acceptors (Lipinski definition) is 7. The number of nitrogens with zero attached hydrogens (tertiary/aromatic N) is 2. The van der Waals surface area contributed by atoms with E-state index >= 15 is 0 Å². The van der Waals surface area contributed by atoms with E-state index in [2.05, 4.69) is 31.1 Å². The summed E-state index contributed by atoms with van der Waals surface area (Å²) in [7, 11) is 0. The molecule has 0 spiro atoms. The minimum Gasteiger partial charge on any atom is -0.333 e. The van der Waals surface area contributed by atoms with Crippen LogP contribution in [0, 0.1) is 39.9 Å². The standard InChI is InChI=1S/C43H68N4O7/c1-10-12-19-31(48)38(52)28(16-11-2)22-32(49)37-29-20-21-43(8,9)30(29)25-47(37)39(53)36(27-17-14-13-15-18-27)45-40(54)44-33(41(3,4)5)26-46-34(50)23-42(6,7)24-35(46)51/h10,27-30,33,36-37H,1,11-26H2,2-9H3,(H2,44,45,54)/t28?,29-,30-,33+,36-,37-/m0/s1. The van der Waals surface area contributed by atoms with E-state index in [-0.39, 0.29) is 78.9 Å². The first-order valence-corrected chi connectivity index (χ1v) is 20.6. The molecule has 54 heavy (non-hydrogen) atoms. The van der Waals surface area contributed by atoms with Crippen LogP contribution in [-0.4, -0.2) is 82.1 Å². The van der Waals surface area contributed by atoms with Crippen LogP contribution in [0.3, 0.4) is 0 Å². The van der Waals surface area contributed by atoms with Crippen LogP contribution in [-0.2, 0) is 28.8 Å². The zero-order valence-corrected chi connectivity index (χ0v) is 34.4. The number of imide groups is 1. The summed E-state index contributed by atoms with van der Waals surface area (Å²) in [5, 5.41) is 6.09. The van der Waals surface area contributed by atoms with Crippen molar-refractivity contribution in [2.45, 2.75) is 163 Å². The highest BCUT2D eigenvalue weighted by molar-refractivity contribution is 6.38. The largest absolute Gasteiger partial charge is 0.333 e. The normalized spacial score (nSPS) is 25.7. The first-order chi connectivity index (χ1) is 25.2. The SMILES string of the molecule is C=CCCC(=O)C(=O)C(CCC)CC(=O)[C@@H]1[C@H]2CCC(C)(C)[C@H]2CN1C(=O)[C@@H](NC(=O)N[C@H](CN1C(=O)CC(C)(C)CC1=O)C(C)(C)C)C1CCCCC1. The maximum absolute atomic E-state index is 15.0. The topological polar surface area (TPSA) is 150 Å². The molecule has 2 aliphatic carbocycles. The van der Waals surface area contributed by atoms with Gasteiger partial charge in [0.25, 0.3) is 0 Å². The third-order valence-corrected chi connectivity index (χ3v) is 12.9. The molecule has 2 saturated carbocycles. The summed E-state index contributed by atoms with van der Waals surface area (Å²) in [6.07, 6.45) is 9.65. The summed E-state index contributed by atoms with van der Waals surface area (Å²) < 4.78 is 0. The molecule has 6 atom stereocenters. The molecule has 11 nitrogen and oxygen atoms in total. The number of carbonyl (C=O) groups excluding carboxylic acids is 7. The highest BCUT2D eigenvalue weighted by atomic mass is 16.2. The number of amides is 5. The average Bonchev–Trinajstić information content (AvgIpc) is 3.62. The van der Waals surface area contributed by atoms with Crippen molar-refractivity contribution in [3.05, 3.63) is 12.7 Å². The number of Topliss-reactive ketones (excluding diaryl/α,β-unsaturated/α-hetero) is 3. The summed E-state index contributed by atoms with van der Waals surface area (Å²) in [6, 6.07) is -2.75. The van der Waals surface area contributed by atoms with Crippen molar-refractivity contribution in [1.29, 1.82) is 0 Å². The summed E-state index contributed by atoms with van der Waals surface area (Å²) >= 11 is 0. The van der Waals surface area contributed by atoms with Gasteiger partial charge in [0.2, 0.25) is 23.5 Å². The molecule has 0 bridgehead atoms. The van der Waals surface area contributed by atoms with Crippen molar-refractivity contribution in [1.82, 2.24) is 20.4 Å². The lowest BCUT2D eigenvalue weighted by molar-refractivity contribution is -0.153. The molecule has 0 aromatic carbocycles. The van der Waals surface area contributed by atoms with Crippen molar-refractivity contribution in [3.63, 3.8) is 0 Å². The Bertz CT molecular complexity index is 1440. The van der Waals surface area contributed by atoms with Gasteiger partial charge in [-0.05, 0) is 72.5 Å². The Hall–Kier alpha value is -3.37. The second-order valence-electron chi connectivity index (χ2n) is 19.3. The van der Waals surface area contributed by atoms with E-state index in [9.17, 15) is 33.6 Å². The predicted octanol–water partition coefficient (Wildman–Crippen LogP) is 6.57. The van der Waals surface area contributed by atoms with Gasteiger partial charge in [-0.2, -0.15) is 0 Å². The number of fused-ring (bicyclic) bond motifs is 1. The van der Waals surface area contributed by atoms with Gasteiger partial charge in [-0.3, -0.25) is 33.7 Å². The van der Waals surface area contributed by atoms with Crippen LogP contribution >= 0.6 is 0 Å². The molecule has 0 aromatic rings. The number of rotatable bonds is 16. The fraction of sp³-hybridized carbons (Fsp3) is 0.791. The summed E-state index contributed by atoms with van der Waals surface area (Å²) in [6.45, 7) is 20.0. The lowest BCUT2D eigenvalue weighted by Crippen LogP contribution is -2.61. The van der Waals surface area contributed by atoms with Crippen molar-refractivity contribution >= 4 is 41.1 Å². The fourth-order valence-electron chi connectivity index (χ4n) is 9.59. The Balaban J connectivity index is 1.60. The molecule has 4 aliphatic rings. The van der Waals surface area contributed by atoms with Gasteiger partial charge in [0, 0.05) is 44.7 Å². The first kappa shape index (κ1) is 43.4. The number of allylic oxidation sites excluding steroid dienone is 1. The molecule has 2 saturated heterocycles. The van der Waals surface area contributed by atoms with Gasteiger partial charge >= 0.3 is 6.03 Å². The molecule has 11 heteroatoms. The van der Waals surface area contributed by atoms with Crippen LogP contribution in [0.15, 0.2) is 12.7 Å². The van der Waals surface area contributed by atoms with E-state index in [1.165, 1.54) is 4.90 Å². The van der Waals surface area contributed by atoms with E-state index in [1.807, 2.05) is 41.5 Å². The highest BCUT2D eigenvalue weighted by Crippen LogP contribution is 2.53. The lowest BCUT2D eigenvalue weighted by atomic mass is 9.78. The molecule has 0 aromatic heterocycles. The van der Waals surface area contributed by atoms with E-state index in [1.54, 1.807) is 11.0 Å². The maximum atomic E-state index is 15.0. The van der Waals surface area contributed by atoms with Crippen molar-refractivity contribution in [2.24, 2.45) is 39.9 Å². The Morgan fingerprint density at radius 3 is 2.15 bits per heavy atom. The summed E-state index contributed by atoms with van der Waals surface area (Å²) in [5.74, 6) is -2.83. The van der Waals surface area contributed by atoms with Crippen LogP contribution in [0.2, 0.25) is 0 Å². The molecule has 4 rings (SSSR count). The number of urea groups is 1. The molecule has 4 fully saturated rings. The molecule has 1 unspecified atom stereocenters. The number of likely N-dealkylation sites (tertiary alicyclic amines) is 2. The van der Waals surface area contributed by atoms with E-state index in [4.69, 9.17) is 0 Å². The molecule has 2 aliphatic heterocycles. The van der Waals surface area contributed by atoms with Crippen molar-refractivity contribution in [3.8, 4) is 0 Å². The Morgan fingerprint density at radius 2 is 1.57 bits per heavy atom. The number of hydrogen-bond donors (Lipinski definition) is 2. The van der Waals surface area contributed by atoms with Gasteiger partial charge in [0.1, 0.15) is 6.04 Å². The van der Waals surface area contributed by atoms with Gasteiger partial charge < -0.3 is 15.5 Å². The molecular formula is C43H68N4O7. The molecule has 5 amide bonds. The quantitative estimate of drug-likeness (QED) is 0.103. The summed E-state index contributed by atoms with van der Waals surface area (Å²) in [5.41, 5.74) is -1.04. The molecule has 0 radical (unpaired) electrons. The van der Waals surface area contributed by atoms with Gasteiger partial charge in [-0.25, -0.2) is 4.79 Å². The van der Waals surface area contributed by atoms with Crippen molar-refractivity contribution < 1.29 is 33.6 Å². The van der Waals surface area contributed by atoms with Crippen LogP contribution in [0.5, 0.6) is 0 Å². The second-order valence-corrected chi connectivity index (χ2v) is 19.3.